The Hall–Kier alpha value is -0.590. The van der Waals surface area contributed by atoms with Gasteiger partial charge in [0.05, 0.1) is 0 Å². The highest BCUT2D eigenvalue weighted by Crippen LogP contribution is 2.66. The SMILES string of the molecule is C=C1C(=O)C(C)(C)C12CCC2. The largest absolute Gasteiger partial charge is 0.294 e. The first-order chi connectivity index (χ1) is 5.02. The van der Waals surface area contributed by atoms with Crippen LogP contribution in [0, 0.1) is 10.8 Å². The molecule has 0 atom stereocenters. The van der Waals surface area contributed by atoms with E-state index in [-0.39, 0.29) is 16.6 Å². The van der Waals surface area contributed by atoms with Gasteiger partial charge in [-0.15, -0.1) is 0 Å². The van der Waals surface area contributed by atoms with Crippen molar-refractivity contribution in [2.45, 2.75) is 33.1 Å². The molecule has 1 spiro atoms. The molecule has 0 aromatic rings. The first-order valence-corrected chi connectivity index (χ1v) is 4.26. The van der Waals surface area contributed by atoms with Gasteiger partial charge >= 0.3 is 0 Å². The first-order valence-electron chi connectivity index (χ1n) is 4.26. The number of hydrogen-bond acceptors (Lipinski definition) is 1. The number of allylic oxidation sites excluding steroid dienone is 1. The van der Waals surface area contributed by atoms with E-state index in [4.69, 9.17) is 0 Å². The summed E-state index contributed by atoms with van der Waals surface area (Å²) in [6, 6.07) is 0. The van der Waals surface area contributed by atoms with Gasteiger partial charge in [0, 0.05) is 10.8 Å². The fraction of sp³-hybridized carbons (Fsp3) is 0.700. The van der Waals surface area contributed by atoms with Crippen molar-refractivity contribution in [1.82, 2.24) is 0 Å². The molecule has 0 amide bonds. The number of rotatable bonds is 0. The Labute approximate surface area is 67.5 Å². The second-order valence-corrected chi connectivity index (χ2v) is 4.37. The molecule has 60 valence electrons. The number of Topliss-reactive ketones (excluding diaryl/α,β-unsaturated/α-hetero) is 1. The maximum absolute atomic E-state index is 11.4. The van der Waals surface area contributed by atoms with Crippen LogP contribution in [0.25, 0.3) is 0 Å². The van der Waals surface area contributed by atoms with Gasteiger partial charge in [-0.2, -0.15) is 0 Å². The third-order valence-electron chi connectivity index (χ3n) is 3.82. The van der Waals surface area contributed by atoms with Gasteiger partial charge in [-0.25, -0.2) is 0 Å². The van der Waals surface area contributed by atoms with Crippen molar-refractivity contribution in [2.24, 2.45) is 10.8 Å². The number of ketones is 1. The fourth-order valence-electron chi connectivity index (χ4n) is 2.58. The molecule has 0 aliphatic heterocycles. The van der Waals surface area contributed by atoms with Gasteiger partial charge in [0.25, 0.3) is 0 Å². The van der Waals surface area contributed by atoms with Gasteiger partial charge in [0.15, 0.2) is 5.78 Å². The van der Waals surface area contributed by atoms with E-state index in [0.717, 1.165) is 5.57 Å². The monoisotopic (exact) mass is 150 g/mol. The van der Waals surface area contributed by atoms with Gasteiger partial charge in [-0.3, -0.25) is 4.79 Å². The maximum Gasteiger partial charge on any atom is 0.165 e. The average molecular weight is 150 g/mol. The smallest absolute Gasteiger partial charge is 0.165 e. The van der Waals surface area contributed by atoms with E-state index in [2.05, 4.69) is 20.4 Å². The molecule has 0 radical (unpaired) electrons. The highest BCUT2D eigenvalue weighted by atomic mass is 16.1. The minimum absolute atomic E-state index is 0.0949. The van der Waals surface area contributed by atoms with E-state index in [0.29, 0.717) is 0 Å². The van der Waals surface area contributed by atoms with Gasteiger partial charge in [0.1, 0.15) is 0 Å². The van der Waals surface area contributed by atoms with Crippen LogP contribution < -0.4 is 0 Å². The Morgan fingerprint density at radius 2 is 1.91 bits per heavy atom. The molecule has 1 nitrogen and oxygen atoms in total. The third-order valence-corrected chi connectivity index (χ3v) is 3.82. The fourth-order valence-corrected chi connectivity index (χ4v) is 2.58. The van der Waals surface area contributed by atoms with E-state index in [1.807, 2.05) is 0 Å². The Morgan fingerprint density at radius 1 is 1.36 bits per heavy atom. The summed E-state index contributed by atoms with van der Waals surface area (Å²) < 4.78 is 0. The second kappa shape index (κ2) is 1.60. The van der Waals surface area contributed by atoms with Crippen LogP contribution in [0.3, 0.4) is 0 Å². The molecule has 0 saturated heterocycles. The van der Waals surface area contributed by atoms with Crippen LogP contribution in [0.4, 0.5) is 0 Å². The molecule has 0 bridgehead atoms. The number of carbonyl (C=O) groups is 1. The predicted octanol–water partition coefficient (Wildman–Crippen LogP) is 2.32. The molecule has 0 aromatic heterocycles. The van der Waals surface area contributed by atoms with Crippen LogP contribution >= 0.6 is 0 Å². The Balaban J connectivity index is 2.37. The summed E-state index contributed by atoms with van der Waals surface area (Å²) >= 11 is 0. The van der Waals surface area contributed by atoms with Crippen LogP contribution in [-0.2, 0) is 4.79 Å². The van der Waals surface area contributed by atoms with Crippen molar-refractivity contribution in [1.29, 1.82) is 0 Å². The van der Waals surface area contributed by atoms with Crippen molar-refractivity contribution in [2.75, 3.05) is 0 Å². The standard InChI is InChI=1S/C10H14O/c1-7-8(11)9(2,3)10(7)5-4-6-10/h1,4-6H2,2-3H3. The molecule has 0 unspecified atom stereocenters. The minimum Gasteiger partial charge on any atom is -0.294 e. The summed E-state index contributed by atoms with van der Waals surface area (Å²) in [5, 5.41) is 0. The maximum atomic E-state index is 11.4. The Kier molecular flexibility index (Phi) is 1.03. The lowest BCUT2D eigenvalue weighted by Gasteiger charge is -2.61. The highest BCUT2D eigenvalue weighted by Gasteiger charge is 2.65. The van der Waals surface area contributed by atoms with Crippen molar-refractivity contribution in [3.05, 3.63) is 12.2 Å². The number of carbonyl (C=O) groups excluding carboxylic acids is 1. The molecule has 11 heavy (non-hydrogen) atoms. The number of hydrogen-bond donors (Lipinski definition) is 0. The van der Waals surface area contributed by atoms with Gasteiger partial charge in [-0.05, 0) is 18.4 Å². The predicted molar refractivity (Wildman–Crippen MR) is 44.2 cm³/mol. The molecule has 2 saturated carbocycles. The summed E-state index contributed by atoms with van der Waals surface area (Å²) in [4.78, 5) is 11.4. The first kappa shape index (κ1) is 7.08. The van der Waals surface area contributed by atoms with E-state index in [9.17, 15) is 4.79 Å². The zero-order valence-corrected chi connectivity index (χ0v) is 7.24. The molecule has 0 heterocycles. The molecule has 1 heteroatoms. The van der Waals surface area contributed by atoms with Gasteiger partial charge < -0.3 is 0 Å². The zero-order chi connectivity index (χ0) is 8.28. The van der Waals surface area contributed by atoms with E-state index < -0.39 is 0 Å². The average Bonchev–Trinajstić information content (AvgIpc) is 1.83. The molecule has 2 aliphatic carbocycles. The normalized spacial score (nSPS) is 31.5. The Bertz CT molecular complexity index is 244. The third kappa shape index (κ3) is 0.492. The molecular formula is C10H14O. The summed E-state index contributed by atoms with van der Waals surface area (Å²) in [5.41, 5.74) is 1.03. The topological polar surface area (TPSA) is 17.1 Å². The van der Waals surface area contributed by atoms with Crippen LogP contribution in [0.2, 0.25) is 0 Å². The summed E-state index contributed by atoms with van der Waals surface area (Å²) in [6.07, 6.45) is 3.64. The van der Waals surface area contributed by atoms with Crippen molar-refractivity contribution in [3.8, 4) is 0 Å². The molecule has 0 N–H and O–H groups in total. The quantitative estimate of drug-likeness (QED) is 0.484. The van der Waals surface area contributed by atoms with Crippen molar-refractivity contribution < 1.29 is 4.79 Å². The minimum atomic E-state index is -0.0949. The molecule has 0 aromatic carbocycles. The summed E-state index contributed by atoms with van der Waals surface area (Å²) in [5.74, 6) is 0.289. The van der Waals surface area contributed by atoms with Crippen LogP contribution in [0.5, 0.6) is 0 Å². The zero-order valence-electron chi connectivity index (χ0n) is 7.24. The van der Waals surface area contributed by atoms with Gasteiger partial charge in [0.2, 0.25) is 0 Å². The van der Waals surface area contributed by atoms with Crippen LogP contribution in [0.1, 0.15) is 33.1 Å². The lowest BCUT2D eigenvalue weighted by atomic mass is 9.40. The highest BCUT2D eigenvalue weighted by molar-refractivity contribution is 6.08. The lowest BCUT2D eigenvalue weighted by molar-refractivity contribution is -0.149. The van der Waals surface area contributed by atoms with E-state index in [1.165, 1.54) is 19.3 Å². The summed E-state index contributed by atoms with van der Waals surface area (Å²) in [7, 11) is 0. The van der Waals surface area contributed by atoms with Crippen LogP contribution in [-0.4, -0.2) is 5.78 Å². The second-order valence-electron chi connectivity index (χ2n) is 4.37. The van der Waals surface area contributed by atoms with Gasteiger partial charge in [-0.1, -0.05) is 26.8 Å². The lowest BCUT2D eigenvalue weighted by Crippen LogP contribution is -2.61. The van der Waals surface area contributed by atoms with Crippen LogP contribution in [0.15, 0.2) is 12.2 Å². The van der Waals surface area contributed by atoms with E-state index >= 15 is 0 Å². The van der Waals surface area contributed by atoms with Crippen molar-refractivity contribution >= 4 is 5.78 Å². The Morgan fingerprint density at radius 3 is 2.09 bits per heavy atom. The summed E-state index contributed by atoms with van der Waals surface area (Å²) in [6.45, 7) is 7.98. The van der Waals surface area contributed by atoms with E-state index in [1.54, 1.807) is 0 Å². The molecule has 2 fully saturated rings. The molecular weight excluding hydrogens is 136 g/mol. The van der Waals surface area contributed by atoms with Crippen molar-refractivity contribution in [3.63, 3.8) is 0 Å². The molecule has 2 aliphatic rings. The molecule has 2 rings (SSSR count).